The fourth-order valence-corrected chi connectivity index (χ4v) is 2.26. The van der Waals surface area contributed by atoms with Gasteiger partial charge in [-0.15, -0.1) is 0 Å². The molecule has 0 heterocycles. The molecule has 1 unspecified atom stereocenters. The fraction of sp³-hybridized carbons (Fsp3) is 0.278. The molecule has 0 fully saturated rings. The molecule has 1 atom stereocenters. The molecular formula is C18H20ClNO5. The van der Waals surface area contributed by atoms with Crippen LogP contribution in [-0.4, -0.2) is 42.2 Å². The lowest BCUT2D eigenvalue weighted by Crippen LogP contribution is -2.33. The van der Waals surface area contributed by atoms with Gasteiger partial charge in [-0.05, 0) is 35.9 Å². The Morgan fingerprint density at radius 3 is 2.60 bits per heavy atom. The average molecular weight is 366 g/mol. The van der Waals surface area contributed by atoms with Gasteiger partial charge in [0, 0.05) is 11.6 Å². The van der Waals surface area contributed by atoms with Crippen molar-refractivity contribution in [3.63, 3.8) is 0 Å². The molecule has 0 aliphatic heterocycles. The maximum Gasteiger partial charge on any atom is 0.307 e. The van der Waals surface area contributed by atoms with Crippen molar-refractivity contribution in [3.8, 4) is 11.5 Å². The summed E-state index contributed by atoms with van der Waals surface area (Å²) in [7, 11) is 0. The number of aliphatic carboxylic acids is 1. The minimum Gasteiger partial charge on any atom is -0.492 e. The number of carbonyl (C=O) groups is 1. The lowest BCUT2D eigenvalue weighted by molar-refractivity contribution is -0.136. The molecule has 0 saturated carbocycles. The first-order valence-corrected chi connectivity index (χ1v) is 8.15. The summed E-state index contributed by atoms with van der Waals surface area (Å²) in [5.41, 5.74) is 0.722. The molecule has 2 aromatic carbocycles. The summed E-state index contributed by atoms with van der Waals surface area (Å²) in [5.74, 6) is 0.294. The Morgan fingerprint density at radius 2 is 1.92 bits per heavy atom. The van der Waals surface area contributed by atoms with E-state index in [0.717, 1.165) is 5.56 Å². The molecule has 134 valence electrons. The first-order valence-electron chi connectivity index (χ1n) is 7.77. The summed E-state index contributed by atoms with van der Waals surface area (Å²) >= 11 is 5.84. The quantitative estimate of drug-likeness (QED) is 0.442. The molecule has 0 aliphatic rings. The van der Waals surface area contributed by atoms with Crippen LogP contribution in [0, 0.1) is 0 Å². The van der Waals surface area contributed by atoms with Gasteiger partial charge in [-0.1, -0.05) is 29.8 Å². The van der Waals surface area contributed by atoms with Gasteiger partial charge >= 0.3 is 5.97 Å². The monoisotopic (exact) mass is 365 g/mol. The zero-order valence-corrected chi connectivity index (χ0v) is 14.3. The topological polar surface area (TPSA) is 88.0 Å². The van der Waals surface area contributed by atoms with Gasteiger partial charge in [0.1, 0.15) is 18.1 Å². The third-order valence-electron chi connectivity index (χ3n) is 3.21. The number of carboxylic acids is 1. The molecule has 0 spiro atoms. The van der Waals surface area contributed by atoms with Crippen LogP contribution in [0.1, 0.15) is 5.56 Å². The van der Waals surface area contributed by atoms with Gasteiger partial charge in [0.15, 0.2) is 0 Å². The van der Waals surface area contributed by atoms with Gasteiger partial charge in [0.2, 0.25) is 6.29 Å². The van der Waals surface area contributed by atoms with Crippen molar-refractivity contribution < 1.29 is 24.5 Å². The molecule has 2 rings (SSSR count). The van der Waals surface area contributed by atoms with Crippen LogP contribution in [0.15, 0.2) is 48.5 Å². The van der Waals surface area contributed by atoms with Gasteiger partial charge in [0.05, 0.1) is 13.0 Å². The first-order chi connectivity index (χ1) is 12.0. The second-order valence-electron chi connectivity index (χ2n) is 5.30. The Kier molecular flexibility index (Phi) is 7.53. The van der Waals surface area contributed by atoms with E-state index in [-0.39, 0.29) is 13.0 Å². The third-order valence-corrected chi connectivity index (χ3v) is 3.45. The maximum atomic E-state index is 10.6. The molecule has 0 radical (unpaired) electrons. The number of rotatable bonds is 10. The number of hydrogen-bond acceptors (Lipinski definition) is 5. The molecule has 0 aromatic heterocycles. The number of halogens is 1. The summed E-state index contributed by atoms with van der Waals surface area (Å²) < 4.78 is 10.9. The van der Waals surface area contributed by atoms with Gasteiger partial charge in [-0.25, -0.2) is 0 Å². The predicted molar refractivity (Wildman–Crippen MR) is 94.2 cm³/mol. The number of aliphatic hydroxyl groups is 1. The summed E-state index contributed by atoms with van der Waals surface area (Å²) in [5, 5.41) is 22.1. The molecule has 0 saturated heterocycles. The maximum absolute atomic E-state index is 10.6. The Bertz CT molecular complexity index is 677. The van der Waals surface area contributed by atoms with Crippen molar-refractivity contribution in [2.24, 2.45) is 0 Å². The summed E-state index contributed by atoms with van der Waals surface area (Å²) in [6.45, 7) is 1.17. The van der Waals surface area contributed by atoms with Crippen LogP contribution in [0.4, 0.5) is 0 Å². The lowest BCUT2D eigenvalue weighted by atomic mass is 10.1. The van der Waals surface area contributed by atoms with Crippen molar-refractivity contribution in [3.05, 3.63) is 59.1 Å². The minimum absolute atomic E-state index is 0.00759. The van der Waals surface area contributed by atoms with E-state index in [1.807, 2.05) is 0 Å². The van der Waals surface area contributed by atoms with Crippen LogP contribution >= 0.6 is 11.6 Å². The van der Waals surface area contributed by atoms with Gasteiger partial charge in [-0.3, -0.25) is 4.79 Å². The van der Waals surface area contributed by atoms with Crippen molar-refractivity contribution >= 4 is 17.6 Å². The van der Waals surface area contributed by atoms with Crippen molar-refractivity contribution in [2.45, 2.75) is 12.7 Å². The molecule has 7 heteroatoms. The molecular weight excluding hydrogens is 346 g/mol. The molecule has 6 nitrogen and oxygen atoms in total. The second-order valence-corrected chi connectivity index (χ2v) is 5.73. The highest BCUT2D eigenvalue weighted by atomic mass is 35.5. The van der Waals surface area contributed by atoms with Crippen LogP contribution in [0.25, 0.3) is 0 Å². The number of hydrogen-bond donors (Lipinski definition) is 3. The number of benzene rings is 2. The number of aliphatic hydroxyl groups excluding tert-OH is 1. The zero-order chi connectivity index (χ0) is 18.1. The Morgan fingerprint density at radius 1 is 1.16 bits per heavy atom. The van der Waals surface area contributed by atoms with Crippen LogP contribution in [0.5, 0.6) is 11.5 Å². The van der Waals surface area contributed by atoms with Crippen LogP contribution in [0.2, 0.25) is 5.02 Å². The van der Waals surface area contributed by atoms with E-state index in [1.165, 1.54) is 0 Å². The van der Waals surface area contributed by atoms with Gasteiger partial charge in [0.25, 0.3) is 0 Å². The Hall–Kier alpha value is -2.28. The SMILES string of the molecule is O=C(O)Cc1ccc(OCCNCC(O)Oc2cccc(Cl)c2)cc1. The number of ether oxygens (including phenoxy) is 2. The van der Waals surface area contributed by atoms with E-state index in [2.05, 4.69) is 5.32 Å². The lowest BCUT2D eigenvalue weighted by Gasteiger charge is -2.14. The molecule has 0 amide bonds. The van der Waals surface area contributed by atoms with E-state index < -0.39 is 12.3 Å². The second kappa shape index (κ2) is 9.88. The zero-order valence-electron chi connectivity index (χ0n) is 13.5. The van der Waals surface area contributed by atoms with Crippen molar-refractivity contribution in [2.75, 3.05) is 19.7 Å². The fourth-order valence-electron chi connectivity index (χ4n) is 2.08. The van der Waals surface area contributed by atoms with Crippen LogP contribution in [0.3, 0.4) is 0 Å². The van der Waals surface area contributed by atoms with Crippen LogP contribution in [-0.2, 0) is 11.2 Å². The van der Waals surface area contributed by atoms with Gasteiger partial charge in [-0.2, -0.15) is 0 Å². The Balaban J connectivity index is 1.62. The standard InChI is InChI=1S/C18H20ClNO5/c19-14-2-1-3-16(11-14)25-18(23)12-20-8-9-24-15-6-4-13(5-7-15)10-17(21)22/h1-7,11,18,20,23H,8-10,12H2,(H,21,22). The van der Waals surface area contributed by atoms with E-state index in [1.54, 1.807) is 48.5 Å². The smallest absolute Gasteiger partial charge is 0.307 e. The third kappa shape index (κ3) is 7.43. The molecule has 2 aromatic rings. The highest BCUT2D eigenvalue weighted by Gasteiger charge is 2.06. The van der Waals surface area contributed by atoms with Gasteiger partial charge < -0.3 is 25.0 Å². The van der Waals surface area contributed by atoms with Crippen molar-refractivity contribution in [1.82, 2.24) is 5.32 Å². The number of carboxylic acid groups (broad SMARTS) is 1. The number of nitrogens with one attached hydrogen (secondary N) is 1. The highest BCUT2D eigenvalue weighted by molar-refractivity contribution is 6.30. The van der Waals surface area contributed by atoms with E-state index >= 15 is 0 Å². The highest BCUT2D eigenvalue weighted by Crippen LogP contribution is 2.17. The Labute approximate surface area is 151 Å². The minimum atomic E-state index is -0.992. The van der Waals surface area contributed by atoms with Crippen LogP contribution < -0.4 is 14.8 Å². The molecule has 0 bridgehead atoms. The van der Waals surface area contributed by atoms with E-state index in [0.29, 0.717) is 29.7 Å². The molecule has 0 aliphatic carbocycles. The molecule has 25 heavy (non-hydrogen) atoms. The van der Waals surface area contributed by atoms with E-state index in [4.69, 9.17) is 26.2 Å². The predicted octanol–water partition coefficient (Wildman–Crippen LogP) is 2.33. The normalized spacial score (nSPS) is 11.8. The molecule has 3 N–H and O–H groups in total. The summed E-state index contributed by atoms with van der Waals surface area (Å²) in [4.78, 5) is 10.6. The van der Waals surface area contributed by atoms with Crippen molar-refractivity contribution in [1.29, 1.82) is 0 Å². The summed E-state index contributed by atoms with van der Waals surface area (Å²) in [6.07, 6.45) is -0.999. The average Bonchev–Trinajstić information content (AvgIpc) is 2.55. The largest absolute Gasteiger partial charge is 0.492 e. The van der Waals surface area contributed by atoms with E-state index in [9.17, 15) is 9.90 Å². The first kappa shape index (κ1) is 19.1. The summed E-state index contributed by atoms with van der Waals surface area (Å²) in [6, 6.07) is 13.7.